The number of fused-ring (bicyclic) bond motifs is 1. The Morgan fingerprint density at radius 2 is 1.67 bits per heavy atom. The molecule has 46 heavy (non-hydrogen) atoms. The molecule has 3 aromatic carbocycles. The lowest BCUT2D eigenvalue weighted by atomic mass is 9.87. The number of carbonyl (C=O) groups is 1. The number of aromatic nitrogens is 2. The van der Waals surface area contributed by atoms with Crippen LogP contribution in [0.5, 0.6) is 5.75 Å². The number of hydrogen-bond donors (Lipinski definition) is 0. The second kappa shape index (κ2) is 14.1. The van der Waals surface area contributed by atoms with E-state index in [0.29, 0.717) is 53.0 Å². The number of hydrogen-bond acceptors (Lipinski definition) is 5. The zero-order chi connectivity index (χ0) is 32.9. The number of halogens is 4. The quantitative estimate of drug-likeness (QED) is 0.0750. The van der Waals surface area contributed by atoms with E-state index >= 15 is 4.39 Å². The van der Waals surface area contributed by atoms with E-state index in [4.69, 9.17) is 14.2 Å². The van der Waals surface area contributed by atoms with Crippen LogP contribution in [0, 0.1) is 5.95 Å². The fraction of sp³-hybridized carbons (Fsp3) is 0.389. The molecule has 2 heterocycles. The van der Waals surface area contributed by atoms with Crippen molar-refractivity contribution in [1.82, 2.24) is 9.78 Å². The molecule has 1 unspecified atom stereocenters. The highest BCUT2D eigenvalue weighted by atomic mass is 19.4. The smallest absolute Gasteiger partial charge is 0.393 e. The molecule has 0 radical (unpaired) electrons. The van der Waals surface area contributed by atoms with Crippen LogP contribution >= 0.6 is 0 Å². The Hall–Kier alpha value is -4.18. The number of benzene rings is 3. The molecule has 0 bridgehead atoms. The summed E-state index contributed by atoms with van der Waals surface area (Å²) in [4.78, 5) is 12.0. The molecule has 1 aliphatic rings. The summed E-state index contributed by atoms with van der Waals surface area (Å²) in [5, 5.41) is 4.31. The first-order valence-corrected chi connectivity index (χ1v) is 15.5. The molecular formula is C36H38F4N2O4. The minimum Gasteiger partial charge on any atom is -0.494 e. The molecule has 1 fully saturated rings. The fourth-order valence-corrected chi connectivity index (χ4v) is 5.60. The minimum absolute atomic E-state index is 0.0573. The van der Waals surface area contributed by atoms with Crippen molar-refractivity contribution in [2.24, 2.45) is 0 Å². The van der Waals surface area contributed by atoms with Crippen molar-refractivity contribution in [3.8, 4) is 5.75 Å². The lowest BCUT2D eigenvalue weighted by Crippen LogP contribution is -2.23. The molecule has 0 N–H and O–H groups in total. The molecule has 4 aromatic rings. The number of alkyl halides is 3. The molecule has 0 saturated carbocycles. The molecule has 1 saturated heterocycles. The Kier molecular flexibility index (Phi) is 10.2. The van der Waals surface area contributed by atoms with Gasteiger partial charge in [0.25, 0.3) is 0 Å². The largest absolute Gasteiger partial charge is 0.494 e. The molecular weight excluding hydrogens is 600 g/mol. The van der Waals surface area contributed by atoms with Gasteiger partial charge in [-0.3, -0.25) is 4.79 Å². The molecule has 1 atom stereocenters. The highest BCUT2D eigenvalue weighted by Crippen LogP contribution is 2.41. The van der Waals surface area contributed by atoms with Gasteiger partial charge in [-0.2, -0.15) is 17.6 Å². The zero-order valence-electron chi connectivity index (χ0n) is 26.2. The Bertz CT molecular complexity index is 1670. The molecule has 0 aliphatic carbocycles. The summed E-state index contributed by atoms with van der Waals surface area (Å²) in [6, 6.07) is 20.1. The van der Waals surface area contributed by atoms with Crippen molar-refractivity contribution >= 4 is 28.0 Å². The van der Waals surface area contributed by atoms with Crippen LogP contribution in [0.2, 0.25) is 0 Å². The first kappa shape index (κ1) is 33.2. The molecule has 5 rings (SSSR count). The Balaban J connectivity index is 1.50. The van der Waals surface area contributed by atoms with Gasteiger partial charge in [0, 0.05) is 13.0 Å². The second-order valence-corrected chi connectivity index (χ2v) is 12.4. The van der Waals surface area contributed by atoms with Gasteiger partial charge in [0.15, 0.2) is 6.23 Å². The van der Waals surface area contributed by atoms with E-state index in [2.05, 4.69) is 5.10 Å². The van der Waals surface area contributed by atoms with E-state index in [1.165, 1.54) is 4.68 Å². The first-order valence-electron chi connectivity index (χ1n) is 15.5. The topological polar surface area (TPSA) is 62.6 Å². The van der Waals surface area contributed by atoms with Crippen molar-refractivity contribution in [1.29, 1.82) is 0 Å². The summed E-state index contributed by atoms with van der Waals surface area (Å²) in [5.74, 6) is -0.526. The van der Waals surface area contributed by atoms with E-state index in [1.54, 1.807) is 93.6 Å². The highest BCUT2D eigenvalue weighted by Gasteiger charge is 2.32. The average Bonchev–Trinajstić information content (AvgIpc) is 3.35. The number of carbonyl (C=O) groups excluding carboxylic acids is 1. The summed E-state index contributed by atoms with van der Waals surface area (Å²) in [6.07, 6.45) is -2.91. The first-order chi connectivity index (χ1) is 21.9. The van der Waals surface area contributed by atoms with Crippen LogP contribution in [0.25, 0.3) is 22.0 Å². The maximum Gasteiger partial charge on any atom is 0.393 e. The average molecular weight is 639 g/mol. The Morgan fingerprint density at radius 3 is 2.33 bits per heavy atom. The van der Waals surface area contributed by atoms with Crippen LogP contribution in [0.3, 0.4) is 0 Å². The Labute approximate surface area is 266 Å². The summed E-state index contributed by atoms with van der Waals surface area (Å²) in [7, 11) is 0. The van der Waals surface area contributed by atoms with Crippen molar-refractivity contribution < 1.29 is 36.6 Å². The summed E-state index contributed by atoms with van der Waals surface area (Å²) in [5.41, 5.74) is 1.66. The van der Waals surface area contributed by atoms with Gasteiger partial charge < -0.3 is 14.2 Å². The van der Waals surface area contributed by atoms with Crippen LogP contribution in [0.4, 0.5) is 17.6 Å². The summed E-state index contributed by atoms with van der Waals surface area (Å²) in [6.45, 7) is 6.22. The SMILES string of the molecule is CC(C)(C)OC(=O)CCCOc1ccc(/C(=C(/CC(F)(F)F)c2ccccc2)c2ccc3c(c2)c(F)nn3C2CCCCO2)cc1. The Morgan fingerprint density at radius 1 is 0.957 bits per heavy atom. The van der Waals surface area contributed by atoms with Gasteiger partial charge in [-0.05, 0) is 98.6 Å². The minimum atomic E-state index is -4.51. The van der Waals surface area contributed by atoms with Gasteiger partial charge in [-0.1, -0.05) is 48.5 Å². The molecule has 1 aliphatic heterocycles. The van der Waals surface area contributed by atoms with Gasteiger partial charge >= 0.3 is 12.1 Å². The maximum absolute atomic E-state index is 15.3. The molecule has 244 valence electrons. The van der Waals surface area contributed by atoms with Crippen molar-refractivity contribution in [3.63, 3.8) is 0 Å². The van der Waals surface area contributed by atoms with Crippen molar-refractivity contribution in [3.05, 3.63) is 95.4 Å². The van der Waals surface area contributed by atoms with Crippen LogP contribution in [-0.4, -0.2) is 40.7 Å². The van der Waals surface area contributed by atoms with Crippen LogP contribution in [-0.2, 0) is 14.3 Å². The third kappa shape index (κ3) is 8.54. The lowest BCUT2D eigenvalue weighted by Gasteiger charge is -2.23. The lowest BCUT2D eigenvalue weighted by molar-refractivity contribution is -0.155. The molecule has 6 nitrogen and oxygen atoms in total. The molecule has 0 spiro atoms. The molecule has 10 heteroatoms. The third-order valence-electron chi connectivity index (χ3n) is 7.54. The predicted molar refractivity (Wildman–Crippen MR) is 169 cm³/mol. The summed E-state index contributed by atoms with van der Waals surface area (Å²) < 4.78 is 76.1. The van der Waals surface area contributed by atoms with Gasteiger partial charge in [-0.25, -0.2) is 4.68 Å². The maximum atomic E-state index is 15.3. The van der Waals surface area contributed by atoms with Gasteiger partial charge in [-0.15, -0.1) is 5.10 Å². The van der Waals surface area contributed by atoms with E-state index in [1.807, 2.05) is 0 Å². The monoisotopic (exact) mass is 638 g/mol. The highest BCUT2D eigenvalue weighted by molar-refractivity contribution is 6.00. The van der Waals surface area contributed by atoms with Crippen molar-refractivity contribution in [2.45, 2.75) is 77.3 Å². The third-order valence-corrected chi connectivity index (χ3v) is 7.54. The van der Waals surface area contributed by atoms with Gasteiger partial charge in [0.1, 0.15) is 11.4 Å². The van der Waals surface area contributed by atoms with E-state index in [9.17, 15) is 18.0 Å². The zero-order valence-corrected chi connectivity index (χ0v) is 26.2. The number of rotatable bonds is 10. The van der Waals surface area contributed by atoms with Crippen LogP contribution in [0.15, 0.2) is 72.8 Å². The van der Waals surface area contributed by atoms with Crippen molar-refractivity contribution in [2.75, 3.05) is 13.2 Å². The normalized spacial score (nSPS) is 16.3. The predicted octanol–water partition coefficient (Wildman–Crippen LogP) is 9.29. The number of ether oxygens (including phenoxy) is 3. The van der Waals surface area contributed by atoms with Crippen LogP contribution in [0.1, 0.15) is 82.2 Å². The van der Waals surface area contributed by atoms with Gasteiger partial charge in [0.2, 0.25) is 5.95 Å². The number of nitrogens with zero attached hydrogens (tertiary/aromatic N) is 2. The van der Waals surface area contributed by atoms with Crippen LogP contribution < -0.4 is 4.74 Å². The fourth-order valence-electron chi connectivity index (χ4n) is 5.60. The van der Waals surface area contributed by atoms with E-state index in [0.717, 1.165) is 12.8 Å². The summed E-state index contributed by atoms with van der Waals surface area (Å²) >= 11 is 0. The number of esters is 1. The standard InChI is InChI=1S/C36H38F4N2O4/c1-35(2,3)46-32(43)13-9-21-44-27-17-14-25(15-18-27)33(29(23-36(38,39)40)24-10-5-4-6-11-24)26-16-19-30-28(22-26)34(37)41-42(30)31-12-7-8-20-45-31/h4-6,10-11,14-19,22,31H,7-9,12-13,20-21,23H2,1-3H3/b33-29+. The number of allylic oxidation sites excluding steroid dienone is 1. The second-order valence-electron chi connectivity index (χ2n) is 12.4. The van der Waals surface area contributed by atoms with E-state index in [-0.39, 0.29) is 30.0 Å². The van der Waals surface area contributed by atoms with Gasteiger partial charge in [0.05, 0.1) is 23.9 Å². The van der Waals surface area contributed by atoms with E-state index < -0.39 is 30.4 Å². The molecule has 1 aromatic heterocycles. The molecule has 0 amide bonds.